The minimum Gasteiger partial charge on any atom is -0.349 e. The molecule has 2 amide bonds. The highest BCUT2D eigenvalue weighted by atomic mass is 19.4. The Labute approximate surface area is 251 Å². The zero-order valence-electron chi connectivity index (χ0n) is 23.9. The van der Waals surface area contributed by atoms with Gasteiger partial charge in [0.2, 0.25) is 17.7 Å². The summed E-state index contributed by atoms with van der Waals surface area (Å²) in [4.78, 5) is 33.8. The van der Waals surface area contributed by atoms with Gasteiger partial charge in [-0.15, -0.1) is 0 Å². The molecule has 5 rings (SSSR count). The van der Waals surface area contributed by atoms with E-state index in [1.165, 1.54) is 16.9 Å². The van der Waals surface area contributed by atoms with E-state index in [1.54, 1.807) is 6.07 Å². The molecule has 2 saturated carbocycles. The SMILES string of the molecule is C[C@@H](n1ncnc1C(=O)N[C@H](c1cn2ncc([C@H](NC(=O)CCC(F)(F)F)C3CC3)cc2n1)C1CCC(F)(F)CC1)C(F)(F)F. The molecule has 0 unspecified atom stereocenters. The highest BCUT2D eigenvalue weighted by Crippen LogP contribution is 2.43. The van der Waals surface area contributed by atoms with E-state index in [2.05, 4.69) is 30.8 Å². The van der Waals surface area contributed by atoms with Crippen LogP contribution in [0.4, 0.5) is 35.1 Å². The number of imidazole rings is 1. The maximum atomic E-state index is 14.0. The molecule has 10 nitrogen and oxygen atoms in total. The molecule has 2 N–H and O–H groups in total. The largest absolute Gasteiger partial charge is 0.410 e. The number of hydrogen-bond acceptors (Lipinski definition) is 6. The highest BCUT2D eigenvalue weighted by Gasteiger charge is 2.42. The summed E-state index contributed by atoms with van der Waals surface area (Å²) in [5.74, 6) is -5.86. The molecule has 0 radical (unpaired) electrons. The van der Waals surface area contributed by atoms with E-state index in [0.717, 1.165) is 26.1 Å². The van der Waals surface area contributed by atoms with Crippen LogP contribution in [0.2, 0.25) is 0 Å². The van der Waals surface area contributed by atoms with E-state index in [0.29, 0.717) is 10.2 Å². The summed E-state index contributed by atoms with van der Waals surface area (Å²) in [5, 5.41) is 13.1. The van der Waals surface area contributed by atoms with Crippen LogP contribution >= 0.6 is 0 Å². The third kappa shape index (κ3) is 7.87. The number of amides is 2. The zero-order valence-corrected chi connectivity index (χ0v) is 23.9. The van der Waals surface area contributed by atoms with E-state index in [1.807, 2.05) is 0 Å². The number of aromatic nitrogens is 6. The van der Waals surface area contributed by atoms with Crippen LogP contribution in [0.5, 0.6) is 0 Å². The van der Waals surface area contributed by atoms with Crippen molar-refractivity contribution in [2.24, 2.45) is 11.8 Å². The molecule has 0 bridgehead atoms. The van der Waals surface area contributed by atoms with Gasteiger partial charge in [0.15, 0.2) is 5.65 Å². The quantitative estimate of drug-likeness (QED) is 0.274. The van der Waals surface area contributed by atoms with Crippen molar-refractivity contribution >= 4 is 17.5 Å². The van der Waals surface area contributed by atoms with Gasteiger partial charge in [0.05, 0.1) is 36.6 Å². The van der Waals surface area contributed by atoms with Crippen LogP contribution < -0.4 is 10.6 Å². The molecule has 0 aliphatic heterocycles. The predicted molar refractivity (Wildman–Crippen MR) is 140 cm³/mol. The second kappa shape index (κ2) is 12.2. The van der Waals surface area contributed by atoms with Crippen molar-refractivity contribution in [2.75, 3.05) is 0 Å². The number of carbonyl (C=O) groups is 2. The number of alkyl halides is 8. The Morgan fingerprint density at radius 1 is 1.00 bits per heavy atom. The van der Waals surface area contributed by atoms with Crippen molar-refractivity contribution < 1.29 is 44.7 Å². The summed E-state index contributed by atoms with van der Waals surface area (Å²) in [7, 11) is 0. The van der Waals surface area contributed by atoms with Crippen molar-refractivity contribution in [3.05, 3.63) is 41.9 Å². The lowest BCUT2D eigenvalue weighted by Crippen LogP contribution is -2.39. The summed E-state index contributed by atoms with van der Waals surface area (Å²) >= 11 is 0. The molecule has 3 aromatic heterocycles. The van der Waals surface area contributed by atoms with E-state index in [-0.39, 0.29) is 30.1 Å². The molecule has 2 fully saturated rings. The van der Waals surface area contributed by atoms with Crippen molar-refractivity contribution in [3.8, 4) is 0 Å². The average molecular weight is 651 g/mol. The first-order valence-corrected chi connectivity index (χ1v) is 14.4. The van der Waals surface area contributed by atoms with Gasteiger partial charge in [-0.05, 0) is 56.1 Å². The minimum absolute atomic E-state index is 0.00842. The molecule has 3 atom stereocenters. The third-order valence-corrected chi connectivity index (χ3v) is 8.22. The lowest BCUT2D eigenvalue weighted by Gasteiger charge is -2.33. The smallest absolute Gasteiger partial charge is 0.349 e. The van der Waals surface area contributed by atoms with Crippen molar-refractivity contribution in [2.45, 2.75) is 94.7 Å². The van der Waals surface area contributed by atoms with Crippen LogP contribution in [0, 0.1) is 11.8 Å². The van der Waals surface area contributed by atoms with E-state index < -0.39 is 85.6 Å². The number of nitrogens with one attached hydrogen (secondary N) is 2. The van der Waals surface area contributed by atoms with Gasteiger partial charge in [-0.1, -0.05) is 0 Å². The van der Waals surface area contributed by atoms with Crippen LogP contribution in [-0.4, -0.2) is 59.5 Å². The number of hydrogen-bond donors (Lipinski definition) is 2. The van der Waals surface area contributed by atoms with Gasteiger partial charge in [-0.3, -0.25) is 9.59 Å². The fourth-order valence-electron chi connectivity index (χ4n) is 5.50. The van der Waals surface area contributed by atoms with Gasteiger partial charge in [0.25, 0.3) is 5.91 Å². The first kappa shape index (κ1) is 32.5. The number of fused-ring (bicyclic) bond motifs is 1. The lowest BCUT2D eigenvalue weighted by atomic mass is 9.81. The average Bonchev–Trinajstić information content (AvgIpc) is 3.51. The molecule has 2 aliphatic carbocycles. The molecule has 18 heteroatoms. The molecule has 3 heterocycles. The van der Waals surface area contributed by atoms with Crippen molar-refractivity contribution in [1.29, 1.82) is 0 Å². The van der Waals surface area contributed by atoms with Gasteiger partial charge in [-0.25, -0.2) is 27.9 Å². The Kier molecular flexibility index (Phi) is 8.78. The topological polar surface area (TPSA) is 119 Å². The van der Waals surface area contributed by atoms with Crippen molar-refractivity contribution in [1.82, 2.24) is 40.0 Å². The predicted octanol–water partition coefficient (Wildman–Crippen LogP) is 5.65. The standard InChI is InChI=1S/C27H30F8N8O2/c1-14(27(33,34)35)43-23(36-13-38-43)24(45)41-22(16-4-7-25(28,29)8-5-16)18-12-42-19(39-18)10-17(11-37-42)21(15-2-3-15)40-20(44)6-9-26(30,31)32/h10-16,21-22H,2-9H2,1H3,(H,40,44)(H,41,45)/t14-,21-,22+/m1/s1. The molecule has 0 spiro atoms. The Bertz CT molecular complexity index is 1520. The monoisotopic (exact) mass is 650 g/mol. The maximum absolute atomic E-state index is 14.0. The molecule has 0 aromatic carbocycles. The Balaban J connectivity index is 1.41. The Morgan fingerprint density at radius 3 is 2.29 bits per heavy atom. The third-order valence-electron chi connectivity index (χ3n) is 8.22. The van der Waals surface area contributed by atoms with Crippen LogP contribution in [-0.2, 0) is 4.79 Å². The van der Waals surface area contributed by atoms with Crippen LogP contribution in [0.1, 0.15) is 98.3 Å². The number of rotatable bonds is 10. The van der Waals surface area contributed by atoms with Crippen LogP contribution in [0.25, 0.3) is 5.65 Å². The van der Waals surface area contributed by atoms with Crippen LogP contribution in [0.3, 0.4) is 0 Å². The fraction of sp³-hybridized carbons (Fsp3) is 0.630. The summed E-state index contributed by atoms with van der Waals surface area (Å²) < 4.78 is 108. The van der Waals surface area contributed by atoms with Gasteiger partial charge < -0.3 is 10.6 Å². The molecule has 246 valence electrons. The number of nitrogens with zero attached hydrogens (tertiary/aromatic N) is 6. The van der Waals surface area contributed by atoms with E-state index in [9.17, 15) is 44.7 Å². The summed E-state index contributed by atoms with van der Waals surface area (Å²) in [6.45, 7) is 0.811. The van der Waals surface area contributed by atoms with Crippen molar-refractivity contribution in [3.63, 3.8) is 0 Å². The second-order valence-electron chi connectivity index (χ2n) is 11.6. The first-order valence-electron chi connectivity index (χ1n) is 14.4. The molecular weight excluding hydrogens is 620 g/mol. The molecule has 2 aliphatic rings. The maximum Gasteiger partial charge on any atom is 0.410 e. The molecule has 3 aromatic rings. The van der Waals surface area contributed by atoms with Gasteiger partial charge in [0.1, 0.15) is 12.4 Å². The number of halogens is 8. The summed E-state index contributed by atoms with van der Waals surface area (Å²) in [5.41, 5.74) is 0.942. The first-order chi connectivity index (χ1) is 21.0. The summed E-state index contributed by atoms with van der Waals surface area (Å²) in [6.07, 6.45) is -6.96. The van der Waals surface area contributed by atoms with E-state index >= 15 is 0 Å². The lowest BCUT2D eigenvalue weighted by molar-refractivity contribution is -0.165. The minimum atomic E-state index is -4.72. The van der Waals surface area contributed by atoms with Gasteiger partial charge in [0, 0.05) is 19.3 Å². The second-order valence-corrected chi connectivity index (χ2v) is 11.6. The van der Waals surface area contributed by atoms with Gasteiger partial charge >= 0.3 is 12.4 Å². The van der Waals surface area contributed by atoms with Gasteiger partial charge in [-0.2, -0.15) is 36.5 Å². The molecular formula is C27H30F8N8O2. The highest BCUT2D eigenvalue weighted by molar-refractivity contribution is 5.91. The van der Waals surface area contributed by atoms with E-state index in [4.69, 9.17) is 0 Å². The van der Waals surface area contributed by atoms with Crippen LogP contribution in [0.15, 0.2) is 24.8 Å². The fourth-order valence-corrected chi connectivity index (χ4v) is 5.50. The summed E-state index contributed by atoms with van der Waals surface area (Å²) in [6, 6.07) is -2.20. The normalized spacial score (nSPS) is 19.7. The Hall–Kier alpha value is -3.86. The zero-order chi connectivity index (χ0) is 32.7. The molecule has 0 saturated heterocycles. The Morgan fingerprint density at radius 2 is 1.67 bits per heavy atom. The molecule has 45 heavy (non-hydrogen) atoms. The number of carbonyl (C=O) groups excluding carboxylic acids is 2.